The van der Waals surface area contributed by atoms with Crippen LogP contribution in [0.4, 0.5) is 0 Å². The molecule has 2 nitrogen and oxygen atoms in total. The van der Waals surface area contributed by atoms with E-state index >= 15 is 0 Å². The predicted octanol–water partition coefficient (Wildman–Crippen LogP) is 5.55. The van der Waals surface area contributed by atoms with E-state index in [1.807, 2.05) is 0 Å². The highest BCUT2D eigenvalue weighted by Gasteiger charge is 2.29. The van der Waals surface area contributed by atoms with Crippen molar-refractivity contribution in [3.05, 3.63) is 41.7 Å². The molecule has 0 aliphatic carbocycles. The van der Waals surface area contributed by atoms with E-state index in [1.54, 1.807) is 0 Å². The summed E-state index contributed by atoms with van der Waals surface area (Å²) in [6.07, 6.45) is 0. The van der Waals surface area contributed by atoms with Crippen LogP contribution in [0.2, 0.25) is 0 Å². The first kappa shape index (κ1) is 15.8. The number of benzene rings is 1. The zero-order valence-corrected chi connectivity index (χ0v) is 14.4. The van der Waals surface area contributed by atoms with E-state index in [0.717, 1.165) is 0 Å². The topological polar surface area (TPSA) is 17.8 Å². The smallest absolute Gasteiger partial charge is 0.0731 e. The van der Waals surface area contributed by atoms with Gasteiger partial charge in [0.2, 0.25) is 0 Å². The van der Waals surface area contributed by atoms with Crippen LogP contribution in [0.25, 0.3) is 11.1 Å². The maximum atomic E-state index is 4.97. The van der Waals surface area contributed by atoms with Gasteiger partial charge in [-0.3, -0.25) is 4.68 Å². The molecule has 0 N–H and O–H groups in total. The van der Waals surface area contributed by atoms with Gasteiger partial charge >= 0.3 is 0 Å². The second-order valence-electron chi connectivity index (χ2n) is 7.42. The highest BCUT2D eigenvalue weighted by atomic mass is 15.3. The maximum absolute atomic E-state index is 4.97. The van der Waals surface area contributed by atoms with Crippen LogP contribution in [0.3, 0.4) is 0 Å². The zero-order chi connectivity index (χ0) is 15.8. The molecule has 0 aliphatic rings. The molecule has 1 aromatic carbocycles. The van der Waals surface area contributed by atoms with E-state index in [1.165, 1.54) is 22.5 Å². The molecule has 1 heterocycles. The van der Waals surface area contributed by atoms with Crippen LogP contribution in [0.5, 0.6) is 0 Å². The Morgan fingerprint density at radius 3 is 1.95 bits per heavy atom. The van der Waals surface area contributed by atoms with Gasteiger partial charge in [-0.25, -0.2) is 0 Å². The van der Waals surface area contributed by atoms with Crippen LogP contribution in [0.15, 0.2) is 30.3 Å². The molecule has 21 heavy (non-hydrogen) atoms. The largest absolute Gasteiger partial charge is 0.266 e. The van der Waals surface area contributed by atoms with E-state index in [4.69, 9.17) is 5.10 Å². The average molecular weight is 284 g/mol. The van der Waals surface area contributed by atoms with E-state index < -0.39 is 0 Å². The summed E-state index contributed by atoms with van der Waals surface area (Å²) in [4.78, 5) is 0. The van der Waals surface area contributed by atoms with Gasteiger partial charge in [0.15, 0.2) is 0 Å². The first-order chi connectivity index (χ1) is 9.73. The van der Waals surface area contributed by atoms with E-state index in [9.17, 15) is 0 Å². The maximum Gasteiger partial charge on any atom is 0.0731 e. The van der Waals surface area contributed by atoms with Crippen LogP contribution >= 0.6 is 0 Å². The molecule has 0 unspecified atom stereocenters. The molecule has 2 heteroatoms. The van der Waals surface area contributed by atoms with Crippen molar-refractivity contribution in [2.24, 2.45) is 0 Å². The Labute approximate surface area is 129 Å². The fourth-order valence-corrected chi connectivity index (χ4v) is 2.84. The molecule has 0 bridgehead atoms. The Kier molecular flexibility index (Phi) is 4.27. The molecule has 2 rings (SSSR count). The van der Waals surface area contributed by atoms with Gasteiger partial charge in [-0.2, -0.15) is 5.10 Å². The van der Waals surface area contributed by atoms with Crippen molar-refractivity contribution in [2.45, 2.75) is 65.8 Å². The highest BCUT2D eigenvalue weighted by Crippen LogP contribution is 2.39. The second kappa shape index (κ2) is 5.67. The van der Waals surface area contributed by atoms with Crippen LogP contribution in [-0.2, 0) is 5.41 Å². The standard InChI is InChI=1S/C19H28N2/c1-13(2)17-16(15-11-9-8-10-12-15)18(19(5,6)7)21(20-17)14(3)4/h8-14H,1-7H3. The molecule has 0 atom stereocenters. The summed E-state index contributed by atoms with van der Waals surface area (Å²) in [7, 11) is 0. The quantitative estimate of drug-likeness (QED) is 0.722. The van der Waals surface area contributed by atoms with Gasteiger partial charge in [-0.15, -0.1) is 0 Å². The van der Waals surface area contributed by atoms with Gasteiger partial charge in [0.1, 0.15) is 0 Å². The zero-order valence-electron chi connectivity index (χ0n) is 14.4. The molecule has 0 spiro atoms. The molecule has 0 saturated heterocycles. The van der Waals surface area contributed by atoms with Gasteiger partial charge in [0, 0.05) is 17.0 Å². The monoisotopic (exact) mass is 284 g/mol. The summed E-state index contributed by atoms with van der Waals surface area (Å²) in [6, 6.07) is 11.1. The molecular formula is C19H28N2. The number of aromatic nitrogens is 2. The number of hydrogen-bond donors (Lipinski definition) is 0. The van der Waals surface area contributed by atoms with Crippen LogP contribution in [-0.4, -0.2) is 9.78 Å². The van der Waals surface area contributed by atoms with Gasteiger partial charge in [0.25, 0.3) is 0 Å². The summed E-state index contributed by atoms with van der Waals surface area (Å²) in [6.45, 7) is 15.7. The summed E-state index contributed by atoms with van der Waals surface area (Å²) in [5.74, 6) is 0.418. The fraction of sp³-hybridized carbons (Fsp3) is 0.526. The summed E-state index contributed by atoms with van der Waals surface area (Å²) in [5.41, 5.74) is 5.22. The first-order valence-corrected chi connectivity index (χ1v) is 7.91. The van der Waals surface area contributed by atoms with Crippen molar-refractivity contribution < 1.29 is 0 Å². The van der Waals surface area contributed by atoms with Gasteiger partial charge in [-0.1, -0.05) is 65.0 Å². The fourth-order valence-electron chi connectivity index (χ4n) is 2.84. The Balaban J connectivity index is 2.82. The highest BCUT2D eigenvalue weighted by molar-refractivity contribution is 5.70. The van der Waals surface area contributed by atoms with E-state index in [-0.39, 0.29) is 5.41 Å². The predicted molar refractivity (Wildman–Crippen MR) is 90.8 cm³/mol. The third-order valence-electron chi connectivity index (χ3n) is 3.75. The first-order valence-electron chi connectivity index (χ1n) is 7.91. The van der Waals surface area contributed by atoms with Crippen molar-refractivity contribution in [1.29, 1.82) is 0 Å². The minimum atomic E-state index is 0.0651. The minimum Gasteiger partial charge on any atom is -0.266 e. The van der Waals surface area contributed by atoms with Crippen molar-refractivity contribution >= 4 is 0 Å². The molecule has 0 saturated carbocycles. The third kappa shape index (κ3) is 3.04. The molecule has 1 aromatic heterocycles. The van der Waals surface area contributed by atoms with Crippen molar-refractivity contribution in [1.82, 2.24) is 9.78 Å². The summed E-state index contributed by atoms with van der Waals surface area (Å²) < 4.78 is 2.22. The molecule has 114 valence electrons. The Morgan fingerprint density at radius 2 is 1.52 bits per heavy atom. The van der Waals surface area contributed by atoms with E-state index in [0.29, 0.717) is 12.0 Å². The lowest BCUT2D eigenvalue weighted by molar-refractivity contribution is 0.444. The second-order valence-corrected chi connectivity index (χ2v) is 7.42. The lowest BCUT2D eigenvalue weighted by atomic mass is 9.84. The van der Waals surface area contributed by atoms with Crippen molar-refractivity contribution in [3.63, 3.8) is 0 Å². The Bertz CT molecular complexity index is 598. The molecule has 0 radical (unpaired) electrons. The lowest BCUT2D eigenvalue weighted by Crippen LogP contribution is -2.20. The van der Waals surface area contributed by atoms with Crippen LogP contribution < -0.4 is 0 Å². The van der Waals surface area contributed by atoms with Gasteiger partial charge < -0.3 is 0 Å². The SMILES string of the molecule is CC(C)c1nn(C(C)C)c(C(C)(C)C)c1-c1ccccc1. The van der Waals surface area contributed by atoms with Crippen molar-refractivity contribution in [3.8, 4) is 11.1 Å². The summed E-state index contributed by atoms with van der Waals surface area (Å²) in [5, 5.41) is 4.97. The number of hydrogen-bond acceptors (Lipinski definition) is 1. The molecule has 2 aromatic rings. The lowest BCUT2D eigenvalue weighted by Gasteiger charge is -2.24. The average Bonchev–Trinajstić information content (AvgIpc) is 2.80. The van der Waals surface area contributed by atoms with Crippen LogP contribution in [0, 0.1) is 0 Å². The molecule has 0 amide bonds. The minimum absolute atomic E-state index is 0.0651. The number of rotatable bonds is 3. The van der Waals surface area contributed by atoms with E-state index in [2.05, 4.69) is 83.5 Å². The molecule has 0 fully saturated rings. The van der Waals surface area contributed by atoms with Crippen LogP contribution in [0.1, 0.15) is 71.8 Å². The Hall–Kier alpha value is -1.57. The third-order valence-corrected chi connectivity index (χ3v) is 3.75. The Morgan fingerprint density at radius 1 is 0.952 bits per heavy atom. The molecule has 0 aliphatic heterocycles. The normalized spacial score (nSPS) is 12.4. The molecular weight excluding hydrogens is 256 g/mol. The van der Waals surface area contributed by atoms with Crippen molar-refractivity contribution in [2.75, 3.05) is 0 Å². The number of nitrogens with zero attached hydrogens (tertiary/aromatic N) is 2. The van der Waals surface area contributed by atoms with Gasteiger partial charge in [0.05, 0.1) is 11.4 Å². The summed E-state index contributed by atoms with van der Waals surface area (Å²) >= 11 is 0. The van der Waals surface area contributed by atoms with Gasteiger partial charge in [-0.05, 0) is 25.3 Å².